The highest BCUT2D eigenvalue weighted by Gasteiger charge is 2.16. The van der Waals surface area contributed by atoms with Gasteiger partial charge in [-0.15, -0.1) is 0 Å². The van der Waals surface area contributed by atoms with Crippen LogP contribution in [0.2, 0.25) is 10.0 Å². The number of aromatic nitrogens is 1. The Morgan fingerprint density at radius 1 is 1.16 bits per heavy atom. The summed E-state index contributed by atoms with van der Waals surface area (Å²) < 4.78 is 0. The summed E-state index contributed by atoms with van der Waals surface area (Å²) in [6.07, 6.45) is 2.59. The van der Waals surface area contributed by atoms with E-state index in [1.54, 1.807) is 12.3 Å². The van der Waals surface area contributed by atoms with Crippen LogP contribution in [0.4, 0.5) is 0 Å². The van der Waals surface area contributed by atoms with Crippen molar-refractivity contribution in [1.29, 1.82) is 0 Å². The fraction of sp³-hybridized carbons (Fsp3) is 0.267. The maximum absolute atomic E-state index is 6.30. The molecule has 19 heavy (non-hydrogen) atoms. The molecule has 0 radical (unpaired) electrons. The van der Waals surface area contributed by atoms with Gasteiger partial charge in [-0.1, -0.05) is 48.3 Å². The van der Waals surface area contributed by atoms with Crippen LogP contribution >= 0.6 is 23.2 Å². The number of hydrogen-bond donors (Lipinski definition) is 1. The molecule has 1 aromatic carbocycles. The molecule has 0 amide bonds. The Labute approximate surface area is 123 Å². The minimum Gasteiger partial charge on any atom is -0.310 e. The minimum absolute atomic E-state index is 0.117. The molecule has 1 heterocycles. The SMILES string of the molecule is CCNC(Cc1ccccn1)c1cccc(Cl)c1Cl. The number of nitrogens with zero attached hydrogens (tertiary/aromatic N) is 1. The Morgan fingerprint density at radius 3 is 2.68 bits per heavy atom. The summed E-state index contributed by atoms with van der Waals surface area (Å²) in [5.74, 6) is 0. The Balaban J connectivity index is 2.27. The second-order valence-corrected chi connectivity index (χ2v) is 5.06. The number of likely N-dealkylation sites (N-methyl/N-ethyl adjacent to an activating group) is 1. The Bertz CT molecular complexity index is 529. The van der Waals surface area contributed by atoms with Crippen molar-refractivity contribution >= 4 is 23.2 Å². The summed E-state index contributed by atoms with van der Waals surface area (Å²) in [7, 11) is 0. The smallest absolute Gasteiger partial charge is 0.0640 e. The lowest BCUT2D eigenvalue weighted by Gasteiger charge is -2.19. The molecule has 0 spiro atoms. The Kier molecular flexibility index (Phi) is 5.20. The zero-order valence-corrected chi connectivity index (χ0v) is 12.2. The van der Waals surface area contributed by atoms with Crippen molar-refractivity contribution < 1.29 is 0 Å². The first-order valence-electron chi connectivity index (χ1n) is 6.29. The third-order valence-electron chi connectivity index (χ3n) is 2.95. The highest BCUT2D eigenvalue weighted by atomic mass is 35.5. The molecule has 1 atom stereocenters. The monoisotopic (exact) mass is 294 g/mol. The molecule has 100 valence electrons. The van der Waals surface area contributed by atoms with Crippen molar-refractivity contribution in [3.05, 3.63) is 63.9 Å². The van der Waals surface area contributed by atoms with Gasteiger partial charge in [0.25, 0.3) is 0 Å². The van der Waals surface area contributed by atoms with Crippen molar-refractivity contribution in [2.45, 2.75) is 19.4 Å². The minimum atomic E-state index is 0.117. The third kappa shape index (κ3) is 3.69. The molecule has 0 saturated carbocycles. The molecule has 1 aromatic heterocycles. The molecular formula is C15H16Cl2N2. The molecule has 0 aliphatic rings. The van der Waals surface area contributed by atoms with Gasteiger partial charge in [0.1, 0.15) is 0 Å². The molecule has 1 N–H and O–H groups in total. The van der Waals surface area contributed by atoms with Crippen LogP contribution in [-0.2, 0) is 6.42 Å². The van der Waals surface area contributed by atoms with Crippen molar-refractivity contribution in [2.24, 2.45) is 0 Å². The van der Waals surface area contributed by atoms with Crippen LogP contribution in [0.25, 0.3) is 0 Å². The van der Waals surface area contributed by atoms with E-state index in [-0.39, 0.29) is 6.04 Å². The van der Waals surface area contributed by atoms with Crippen molar-refractivity contribution in [3.8, 4) is 0 Å². The zero-order chi connectivity index (χ0) is 13.7. The number of nitrogens with one attached hydrogen (secondary N) is 1. The molecule has 0 aliphatic carbocycles. The maximum atomic E-state index is 6.30. The molecule has 0 saturated heterocycles. The van der Waals surface area contributed by atoms with Crippen LogP contribution in [0.1, 0.15) is 24.2 Å². The number of rotatable bonds is 5. The van der Waals surface area contributed by atoms with E-state index in [0.29, 0.717) is 10.0 Å². The predicted molar refractivity (Wildman–Crippen MR) is 80.8 cm³/mol. The van der Waals surface area contributed by atoms with Crippen molar-refractivity contribution in [3.63, 3.8) is 0 Å². The van der Waals surface area contributed by atoms with Gasteiger partial charge in [0.05, 0.1) is 10.0 Å². The van der Waals surface area contributed by atoms with Gasteiger partial charge < -0.3 is 5.32 Å². The van der Waals surface area contributed by atoms with Crippen LogP contribution in [0, 0.1) is 0 Å². The van der Waals surface area contributed by atoms with Crippen molar-refractivity contribution in [1.82, 2.24) is 10.3 Å². The van der Waals surface area contributed by atoms with Gasteiger partial charge in [0, 0.05) is 24.4 Å². The summed E-state index contributed by atoms with van der Waals surface area (Å²) in [5.41, 5.74) is 2.05. The second-order valence-electron chi connectivity index (χ2n) is 4.28. The number of pyridine rings is 1. The van der Waals surface area contributed by atoms with Crippen LogP contribution < -0.4 is 5.32 Å². The molecule has 1 unspecified atom stereocenters. The summed E-state index contributed by atoms with van der Waals surface area (Å²) in [6.45, 7) is 2.93. The van der Waals surface area contributed by atoms with Gasteiger partial charge in [-0.3, -0.25) is 4.98 Å². The summed E-state index contributed by atoms with van der Waals surface area (Å²) in [6, 6.07) is 11.8. The van der Waals surface area contributed by atoms with Gasteiger partial charge >= 0.3 is 0 Å². The highest BCUT2D eigenvalue weighted by molar-refractivity contribution is 6.42. The van der Waals surface area contributed by atoms with E-state index in [1.807, 2.05) is 30.3 Å². The largest absolute Gasteiger partial charge is 0.310 e. The molecule has 0 bridgehead atoms. The zero-order valence-electron chi connectivity index (χ0n) is 10.7. The molecular weight excluding hydrogens is 279 g/mol. The number of halogens is 2. The van der Waals surface area contributed by atoms with Gasteiger partial charge in [-0.05, 0) is 30.3 Å². The van der Waals surface area contributed by atoms with E-state index >= 15 is 0 Å². The highest BCUT2D eigenvalue weighted by Crippen LogP contribution is 2.31. The fourth-order valence-electron chi connectivity index (χ4n) is 2.06. The van der Waals surface area contributed by atoms with E-state index in [1.165, 1.54) is 0 Å². The summed E-state index contributed by atoms with van der Waals surface area (Å²) >= 11 is 12.4. The lowest BCUT2D eigenvalue weighted by molar-refractivity contribution is 0.544. The molecule has 0 fully saturated rings. The first-order valence-corrected chi connectivity index (χ1v) is 7.05. The lowest BCUT2D eigenvalue weighted by atomic mass is 10.0. The lowest BCUT2D eigenvalue weighted by Crippen LogP contribution is -2.23. The van der Waals surface area contributed by atoms with E-state index < -0.39 is 0 Å². The number of hydrogen-bond acceptors (Lipinski definition) is 2. The van der Waals surface area contributed by atoms with Gasteiger partial charge in [-0.25, -0.2) is 0 Å². The average Bonchev–Trinajstić information content (AvgIpc) is 2.43. The van der Waals surface area contributed by atoms with Crippen molar-refractivity contribution in [2.75, 3.05) is 6.54 Å². The number of benzene rings is 1. The van der Waals surface area contributed by atoms with Crippen LogP contribution in [0.3, 0.4) is 0 Å². The standard InChI is InChI=1S/C15H16Cl2N2/c1-2-18-14(10-11-6-3-4-9-19-11)12-7-5-8-13(16)15(12)17/h3-9,14,18H,2,10H2,1H3. The van der Waals surface area contributed by atoms with E-state index in [9.17, 15) is 0 Å². The second kappa shape index (κ2) is 6.90. The predicted octanol–water partition coefficient (Wildman–Crippen LogP) is 4.28. The quantitative estimate of drug-likeness (QED) is 0.890. The van der Waals surface area contributed by atoms with Gasteiger partial charge in [0.15, 0.2) is 0 Å². The van der Waals surface area contributed by atoms with Crippen LogP contribution in [0.5, 0.6) is 0 Å². The fourth-order valence-corrected chi connectivity index (χ4v) is 2.50. The first kappa shape index (κ1) is 14.3. The molecule has 2 aromatic rings. The molecule has 4 heteroatoms. The Morgan fingerprint density at radius 2 is 2.00 bits per heavy atom. The third-order valence-corrected chi connectivity index (χ3v) is 3.78. The molecule has 0 aliphatic heterocycles. The van der Waals surface area contributed by atoms with Crippen LogP contribution in [0.15, 0.2) is 42.6 Å². The summed E-state index contributed by atoms with van der Waals surface area (Å²) in [5, 5.41) is 4.64. The Hall–Kier alpha value is -1.09. The van der Waals surface area contributed by atoms with Crippen LogP contribution in [-0.4, -0.2) is 11.5 Å². The molecule has 2 nitrogen and oxygen atoms in total. The normalized spacial score (nSPS) is 12.4. The van der Waals surface area contributed by atoms with E-state index in [0.717, 1.165) is 24.2 Å². The average molecular weight is 295 g/mol. The van der Waals surface area contributed by atoms with Gasteiger partial charge in [0.2, 0.25) is 0 Å². The topological polar surface area (TPSA) is 24.9 Å². The van der Waals surface area contributed by atoms with E-state index in [4.69, 9.17) is 23.2 Å². The maximum Gasteiger partial charge on any atom is 0.0640 e. The van der Waals surface area contributed by atoms with E-state index in [2.05, 4.69) is 17.2 Å². The summed E-state index contributed by atoms with van der Waals surface area (Å²) in [4.78, 5) is 4.36. The molecule has 2 rings (SSSR count). The first-order chi connectivity index (χ1) is 9.22. The van der Waals surface area contributed by atoms with Gasteiger partial charge in [-0.2, -0.15) is 0 Å².